The minimum absolute atomic E-state index is 0.529. The highest BCUT2D eigenvalue weighted by Gasteiger charge is 2.41. The Balaban J connectivity index is 1.63. The van der Waals surface area contributed by atoms with Crippen LogP contribution in [0.15, 0.2) is 0 Å². The van der Waals surface area contributed by atoms with E-state index in [-0.39, 0.29) is 0 Å². The van der Waals surface area contributed by atoms with Crippen molar-refractivity contribution in [3.8, 4) is 0 Å². The van der Waals surface area contributed by atoms with Gasteiger partial charge in [0.05, 0.1) is 12.2 Å². The summed E-state index contributed by atoms with van der Waals surface area (Å²) in [6.07, 6.45) is 9.07. The Kier molecular flexibility index (Phi) is 10.4. The van der Waals surface area contributed by atoms with E-state index in [1.807, 2.05) is 0 Å². The van der Waals surface area contributed by atoms with E-state index in [2.05, 4.69) is 13.8 Å². The first-order chi connectivity index (χ1) is 12.7. The van der Waals surface area contributed by atoms with Crippen LogP contribution in [0, 0.1) is 11.8 Å². The van der Waals surface area contributed by atoms with Crippen molar-refractivity contribution in [2.75, 3.05) is 13.2 Å². The summed E-state index contributed by atoms with van der Waals surface area (Å²) >= 11 is 0. The third-order valence-electron chi connectivity index (χ3n) is 6.31. The lowest BCUT2D eigenvalue weighted by Gasteiger charge is -2.36. The zero-order valence-corrected chi connectivity index (χ0v) is 16.9. The second-order valence-corrected chi connectivity index (χ2v) is 8.48. The van der Waals surface area contributed by atoms with Crippen molar-refractivity contribution in [2.45, 2.75) is 115 Å². The smallest absolute Gasteiger partial charge is 0.160 e. The Morgan fingerprint density at radius 3 is 1.88 bits per heavy atom. The van der Waals surface area contributed by atoms with Crippen LogP contribution in [0.3, 0.4) is 0 Å². The molecular weight excluding hydrogens is 334 g/mol. The van der Waals surface area contributed by atoms with Gasteiger partial charge in [0.25, 0.3) is 0 Å². The van der Waals surface area contributed by atoms with Gasteiger partial charge in [-0.15, -0.1) is 0 Å². The molecule has 0 aromatic rings. The molecule has 0 radical (unpaired) electrons. The maximum absolute atomic E-state index is 14.4. The molecule has 0 amide bonds. The van der Waals surface area contributed by atoms with E-state index in [9.17, 15) is 8.78 Å². The van der Waals surface area contributed by atoms with Crippen LogP contribution in [0.1, 0.15) is 90.9 Å². The third kappa shape index (κ3) is 7.07. The van der Waals surface area contributed by atoms with Gasteiger partial charge in [0.1, 0.15) is 0 Å². The molecule has 4 heteroatoms. The standard InChI is InChI=1S/C22H40F2O2/c1-3-5-7-8-17-9-11-18(12-10-17)16-26-20-14-13-19(21(23)22(20)24)25-15-6-4-2/h17-22H,3-16H2,1-2H3. The number of ether oxygens (including phenoxy) is 2. The number of hydrogen-bond donors (Lipinski definition) is 0. The fourth-order valence-corrected chi connectivity index (χ4v) is 4.42. The van der Waals surface area contributed by atoms with Crippen molar-refractivity contribution >= 4 is 0 Å². The molecule has 0 aromatic heterocycles. The Morgan fingerprint density at radius 2 is 1.27 bits per heavy atom. The van der Waals surface area contributed by atoms with Gasteiger partial charge >= 0.3 is 0 Å². The van der Waals surface area contributed by atoms with E-state index in [0.29, 0.717) is 32.0 Å². The van der Waals surface area contributed by atoms with Gasteiger partial charge < -0.3 is 9.47 Å². The summed E-state index contributed by atoms with van der Waals surface area (Å²) in [4.78, 5) is 0. The Labute approximate surface area is 159 Å². The highest BCUT2D eigenvalue weighted by atomic mass is 19.2. The topological polar surface area (TPSA) is 18.5 Å². The molecule has 0 heterocycles. The summed E-state index contributed by atoms with van der Waals surface area (Å²) in [6, 6.07) is 0. The summed E-state index contributed by atoms with van der Waals surface area (Å²) in [6.45, 7) is 5.44. The molecule has 2 aliphatic rings. The van der Waals surface area contributed by atoms with Gasteiger partial charge in [-0.1, -0.05) is 58.8 Å². The van der Waals surface area contributed by atoms with Gasteiger partial charge in [-0.2, -0.15) is 0 Å². The first kappa shape index (κ1) is 22.1. The van der Waals surface area contributed by atoms with Gasteiger partial charge in [0.15, 0.2) is 12.3 Å². The van der Waals surface area contributed by atoms with Crippen LogP contribution in [0.25, 0.3) is 0 Å². The van der Waals surface area contributed by atoms with E-state index in [1.54, 1.807) is 0 Å². The number of halogens is 2. The summed E-state index contributed by atoms with van der Waals surface area (Å²) in [5.74, 6) is 1.40. The summed E-state index contributed by atoms with van der Waals surface area (Å²) in [7, 11) is 0. The highest BCUT2D eigenvalue weighted by Crippen LogP contribution is 2.34. The minimum atomic E-state index is -1.54. The van der Waals surface area contributed by atoms with Crippen LogP contribution in [0.2, 0.25) is 0 Å². The lowest BCUT2D eigenvalue weighted by molar-refractivity contribution is -0.123. The highest BCUT2D eigenvalue weighted by molar-refractivity contribution is 4.90. The normalized spacial score (nSPS) is 35.5. The fraction of sp³-hybridized carbons (Fsp3) is 1.00. The maximum atomic E-state index is 14.4. The molecule has 2 aliphatic carbocycles. The number of unbranched alkanes of at least 4 members (excludes halogenated alkanes) is 3. The molecule has 4 unspecified atom stereocenters. The molecular formula is C22H40F2O2. The Hall–Kier alpha value is -0.220. The fourth-order valence-electron chi connectivity index (χ4n) is 4.42. The average Bonchev–Trinajstić information content (AvgIpc) is 2.66. The van der Waals surface area contributed by atoms with Crippen LogP contribution in [-0.2, 0) is 9.47 Å². The number of hydrogen-bond acceptors (Lipinski definition) is 2. The summed E-state index contributed by atoms with van der Waals surface area (Å²) in [5, 5.41) is 0. The van der Waals surface area contributed by atoms with E-state index < -0.39 is 24.6 Å². The van der Waals surface area contributed by atoms with Crippen molar-refractivity contribution in [1.29, 1.82) is 0 Å². The largest absolute Gasteiger partial charge is 0.375 e. The zero-order valence-electron chi connectivity index (χ0n) is 16.9. The Morgan fingerprint density at radius 1 is 0.692 bits per heavy atom. The van der Waals surface area contributed by atoms with Gasteiger partial charge in [0, 0.05) is 13.2 Å². The molecule has 0 spiro atoms. The van der Waals surface area contributed by atoms with Crippen LogP contribution in [0.4, 0.5) is 8.78 Å². The molecule has 2 rings (SSSR count). The predicted octanol–water partition coefficient (Wildman–Crippen LogP) is 6.41. The Bertz CT molecular complexity index is 358. The predicted molar refractivity (Wildman–Crippen MR) is 103 cm³/mol. The monoisotopic (exact) mass is 374 g/mol. The SMILES string of the molecule is CCCCCC1CCC(COC2CCC(OCCCC)C(F)C2F)CC1. The van der Waals surface area contributed by atoms with Crippen molar-refractivity contribution in [3.05, 3.63) is 0 Å². The second-order valence-electron chi connectivity index (χ2n) is 8.48. The van der Waals surface area contributed by atoms with E-state index in [4.69, 9.17) is 9.47 Å². The van der Waals surface area contributed by atoms with Crippen molar-refractivity contribution in [2.24, 2.45) is 11.8 Å². The average molecular weight is 375 g/mol. The summed E-state index contributed by atoms with van der Waals surface area (Å²) < 4.78 is 40.1. The quantitative estimate of drug-likeness (QED) is 0.389. The molecule has 2 nitrogen and oxygen atoms in total. The summed E-state index contributed by atoms with van der Waals surface area (Å²) in [5.41, 5.74) is 0. The van der Waals surface area contributed by atoms with E-state index in [0.717, 1.165) is 18.8 Å². The molecule has 0 bridgehead atoms. The molecule has 4 atom stereocenters. The van der Waals surface area contributed by atoms with Crippen molar-refractivity contribution in [3.63, 3.8) is 0 Å². The second kappa shape index (κ2) is 12.3. The van der Waals surface area contributed by atoms with Crippen LogP contribution in [0.5, 0.6) is 0 Å². The molecule has 0 aromatic carbocycles. The van der Waals surface area contributed by atoms with Gasteiger partial charge in [-0.3, -0.25) is 0 Å². The molecule has 26 heavy (non-hydrogen) atoms. The zero-order chi connectivity index (χ0) is 18.8. The minimum Gasteiger partial charge on any atom is -0.375 e. The molecule has 2 saturated carbocycles. The van der Waals surface area contributed by atoms with Crippen LogP contribution in [-0.4, -0.2) is 37.8 Å². The van der Waals surface area contributed by atoms with Gasteiger partial charge in [-0.05, 0) is 43.9 Å². The first-order valence-electron chi connectivity index (χ1n) is 11.2. The van der Waals surface area contributed by atoms with Crippen molar-refractivity contribution in [1.82, 2.24) is 0 Å². The lowest BCUT2D eigenvalue weighted by Crippen LogP contribution is -2.47. The van der Waals surface area contributed by atoms with Gasteiger partial charge in [-0.25, -0.2) is 8.78 Å². The first-order valence-corrected chi connectivity index (χ1v) is 11.2. The number of alkyl halides is 2. The molecule has 0 saturated heterocycles. The van der Waals surface area contributed by atoms with Gasteiger partial charge in [0.2, 0.25) is 0 Å². The molecule has 0 aliphatic heterocycles. The molecule has 2 fully saturated rings. The maximum Gasteiger partial charge on any atom is 0.160 e. The molecule has 0 N–H and O–H groups in total. The lowest BCUT2D eigenvalue weighted by atomic mass is 9.80. The molecule has 154 valence electrons. The van der Waals surface area contributed by atoms with E-state index in [1.165, 1.54) is 51.4 Å². The number of rotatable bonds is 11. The van der Waals surface area contributed by atoms with E-state index >= 15 is 0 Å². The van der Waals surface area contributed by atoms with Crippen LogP contribution < -0.4 is 0 Å². The van der Waals surface area contributed by atoms with Crippen molar-refractivity contribution < 1.29 is 18.3 Å². The third-order valence-corrected chi connectivity index (χ3v) is 6.31. The van der Waals surface area contributed by atoms with Crippen LogP contribution >= 0.6 is 0 Å².